The molecule has 144 valence electrons. The second-order valence-electron chi connectivity index (χ2n) is 7.84. The van der Waals surface area contributed by atoms with E-state index < -0.39 is 0 Å². The molecule has 1 aliphatic heterocycles. The van der Waals surface area contributed by atoms with Crippen LogP contribution in [0.2, 0.25) is 0 Å². The molecule has 26 heavy (non-hydrogen) atoms. The molecule has 1 aliphatic rings. The number of hydrogen-bond acceptors (Lipinski definition) is 5. The van der Waals surface area contributed by atoms with E-state index in [9.17, 15) is 4.79 Å². The van der Waals surface area contributed by atoms with Gasteiger partial charge in [-0.1, -0.05) is 0 Å². The largest absolute Gasteiger partial charge is 0.331 e. The molecule has 2 aromatic rings. The molecule has 0 bridgehead atoms. The number of nitrogens with zero attached hydrogens (tertiary/aromatic N) is 4. The van der Waals surface area contributed by atoms with Gasteiger partial charge in [0.15, 0.2) is 0 Å². The molecular weight excluding hydrogens is 370 g/mol. The summed E-state index contributed by atoms with van der Waals surface area (Å²) in [5.41, 5.74) is 1.42. The van der Waals surface area contributed by atoms with E-state index in [0.717, 1.165) is 30.1 Å². The fraction of sp³-hybridized carbons (Fsp3) is 0.611. The van der Waals surface area contributed by atoms with Crippen LogP contribution in [0.3, 0.4) is 0 Å². The molecule has 8 heteroatoms. The lowest BCUT2D eigenvalue weighted by Gasteiger charge is -2.31. The van der Waals surface area contributed by atoms with Crippen LogP contribution >= 0.6 is 23.7 Å². The van der Waals surface area contributed by atoms with Crippen molar-refractivity contribution in [2.24, 2.45) is 0 Å². The predicted molar refractivity (Wildman–Crippen MR) is 108 cm³/mol. The van der Waals surface area contributed by atoms with Crippen LogP contribution in [0.25, 0.3) is 10.6 Å². The molecular formula is C18H28ClN5OS. The Morgan fingerprint density at radius 1 is 1.42 bits per heavy atom. The van der Waals surface area contributed by atoms with Crippen LogP contribution in [0, 0.1) is 0 Å². The molecule has 0 spiro atoms. The first-order valence-electron chi connectivity index (χ1n) is 8.82. The van der Waals surface area contributed by atoms with Crippen LogP contribution in [0.15, 0.2) is 17.8 Å². The van der Waals surface area contributed by atoms with Crippen molar-refractivity contribution in [3.05, 3.63) is 23.5 Å². The molecule has 1 saturated heterocycles. The van der Waals surface area contributed by atoms with Gasteiger partial charge in [0.05, 0.1) is 11.7 Å². The van der Waals surface area contributed by atoms with Gasteiger partial charge < -0.3 is 10.2 Å². The van der Waals surface area contributed by atoms with Gasteiger partial charge in [-0.3, -0.25) is 9.48 Å². The smallest absolute Gasteiger partial charge is 0.273 e. The number of carbonyl (C=O) groups is 1. The molecule has 0 saturated carbocycles. The number of amides is 1. The predicted octanol–water partition coefficient (Wildman–Crippen LogP) is 3.40. The fourth-order valence-electron chi connectivity index (χ4n) is 3.14. The third-order valence-corrected chi connectivity index (χ3v) is 5.35. The summed E-state index contributed by atoms with van der Waals surface area (Å²) in [5, 5.41) is 10.5. The van der Waals surface area contributed by atoms with Crippen LogP contribution in [0.4, 0.5) is 0 Å². The highest BCUT2D eigenvalue weighted by atomic mass is 35.5. The van der Waals surface area contributed by atoms with Crippen LogP contribution < -0.4 is 5.32 Å². The van der Waals surface area contributed by atoms with Crippen molar-refractivity contribution in [3.8, 4) is 10.6 Å². The van der Waals surface area contributed by atoms with Gasteiger partial charge in [0.25, 0.3) is 5.91 Å². The van der Waals surface area contributed by atoms with Crippen molar-refractivity contribution in [2.45, 2.75) is 58.7 Å². The molecule has 1 fully saturated rings. The highest BCUT2D eigenvalue weighted by molar-refractivity contribution is 7.13. The van der Waals surface area contributed by atoms with E-state index in [1.54, 1.807) is 0 Å². The zero-order valence-corrected chi connectivity index (χ0v) is 17.7. The SMILES string of the molecule is CC(C)N(C(=O)c1csc(-c2cnn(C(C)(C)C)c2)n1)[C@H]1CCNC1.Cl. The Morgan fingerprint density at radius 3 is 2.69 bits per heavy atom. The summed E-state index contributed by atoms with van der Waals surface area (Å²) in [5.74, 6) is 0.0226. The number of rotatable bonds is 4. The monoisotopic (exact) mass is 397 g/mol. The Hall–Kier alpha value is -1.44. The maximum atomic E-state index is 13.0. The Labute approximate surface area is 165 Å². The van der Waals surface area contributed by atoms with Gasteiger partial charge in [0, 0.05) is 35.8 Å². The van der Waals surface area contributed by atoms with Crippen molar-refractivity contribution < 1.29 is 4.79 Å². The van der Waals surface area contributed by atoms with E-state index in [1.807, 2.05) is 27.4 Å². The van der Waals surface area contributed by atoms with Crippen molar-refractivity contribution in [1.82, 2.24) is 25.0 Å². The topological polar surface area (TPSA) is 63.1 Å². The molecule has 2 aromatic heterocycles. The lowest BCUT2D eigenvalue weighted by Crippen LogP contribution is -2.46. The van der Waals surface area contributed by atoms with E-state index in [-0.39, 0.29) is 35.9 Å². The van der Waals surface area contributed by atoms with Gasteiger partial charge in [0.2, 0.25) is 0 Å². The molecule has 1 N–H and O–H groups in total. The van der Waals surface area contributed by atoms with Crippen molar-refractivity contribution in [1.29, 1.82) is 0 Å². The molecule has 1 atom stereocenters. The lowest BCUT2D eigenvalue weighted by molar-refractivity contribution is 0.0621. The summed E-state index contributed by atoms with van der Waals surface area (Å²) in [4.78, 5) is 19.6. The van der Waals surface area contributed by atoms with Crippen molar-refractivity contribution >= 4 is 29.7 Å². The number of nitrogens with one attached hydrogen (secondary N) is 1. The van der Waals surface area contributed by atoms with Gasteiger partial charge in [-0.2, -0.15) is 5.10 Å². The van der Waals surface area contributed by atoms with Crippen molar-refractivity contribution in [3.63, 3.8) is 0 Å². The van der Waals surface area contributed by atoms with Crippen LogP contribution in [-0.2, 0) is 5.54 Å². The maximum absolute atomic E-state index is 13.0. The summed E-state index contributed by atoms with van der Waals surface area (Å²) >= 11 is 1.50. The number of thiazole rings is 1. The Morgan fingerprint density at radius 2 is 2.15 bits per heavy atom. The van der Waals surface area contributed by atoms with E-state index >= 15 is 0 Å². The highest BCUT2D eigenvalue weighted by Crippen LogP contribution is 2.26. The van der Waals surface area contributed by atoms with E-state index in [1.165, 1.54) is 11.3 Å². The van der Waals surface area contributed by atoms with Gasteiger partial charge in [-0.15, -0.1) is 23.7 Å². The van der Waals surface area contributed by atoms with E-state index in [2.05, 4.69) is 50.0 Å². The quantitative estimate of drug-likeness (QED) is 0.858. The summed E-state index contributed by atoms with van der Waals surface area (Å²) < 4.78 is 1.93. The first kappa shape index (κ1) is 20.9. The van der Waals surface area contributed by atoms with Crippen LogP contribution in [0.1, 0.15) is 51.5 Å². The summed E-state index contributed by atoms with van der Waals surface area (Å²) in [7, 11) is 0. The third-order valence-electron chi connectivity index (χ3n) is 4.46. The van der Waals surface area contributed by atoms with Crippen LogP contribution in [-0.4, -0.2) is 50.7 Å². The summed E-state index contributed by atoms with van der Waals surface area (Å²) in [6.07, 6.45) is 4.81. The summed E-state index contributed by atoms with van der Waals surface area (Å²) in [6.45, 7) is 12.3. The fourth-order valence-corrected chi connectivity index (χ4v) is 3.91. The zero-order chi connectivity index (χ0) is 18.2. The standard InChI is InChI=1S/C18H27N5OS.ClH/c1-12(2)23(14-6-7-19-9-14)17(24)15-11-25-16(21-15)13-8-20-22(10-13)18(3,4)5;/h8,10-12,14,19H,6-7,9H2,1-5H3;1H/t14-;/m0./s1. The Balaban J connectivity index is 0.00000243. The zero-order valence-electron chi connectivity index (χ0n) is 16.0. The molecule has 0 aromatic carbocycles. The lowest BCUT2D eigenvalue weighted by atomic mass is 10.1. The van der Waals surface area contributed by atoms with Gasteiger partial charge in [0.1, 0.15) is 10.7 Å². The van der Waals surface area contributed by atoms with E-state index in [4.69, 9.17) is 0 Å². The molecule has 0 aliphatic carbocycles. The normalized spacial score (nSPS) is 17.4. The molecule has 6 nitrogen and oxygen atoms in total. The minimum atomic E-state index is -0.0714. The minimum absolute atomic E-state index is 0. The average Bonchev–Trinajstić information content (AvgIpc) is 3.27. The molecule has 0 radical (unpaired) electrons. The molecule has 1 amide bonds. The first-order chi connectivity index (χ1) is 11.8. The Bertz CT molecular complexity index is 743. The highest BCUT2D eigenvalue weighted by Gasteiger charge is 2.30. The minimum Gasteiger partial charge on any atom is -0.331 e. The number of hydrogen-bond donors (Lipinski definition) is 1. The van der Waals surface area contributed by atoms with E-state index in [0.29, 0.717) is 5.69 Å². The molecule has 0 unspecified atom stereocenters. The van der Waals surface area contributed by atoms with Gasteiger partial charge in [-0.25, -0.2) is 4.98 Å². The summed E-state index contributed by atoms with van der Waals surface area (Å²) in [6, 6.07) is 0.410. The maximum Gasteiger partial charge on any atom is 0.273 e. The Kier molecular flexibility index (Phi) is 6.47. The first-order valence-corrected chi connectivity index (χ1v) is 9.70. The molecule has 3 rings (SSSR count). The second-order valence-corrected chi connectivity index (χ2v) is 8.69. The average molecular weight is 398 g/mol. The van der Waals surface area contributed by atoms with Crippen LogP contribution in [0.5, 0.6) is 0 Å². The third kappa shape index (κ3) is 4.27. The van der Waals surface area contributed by atoms with Gasteiger partial charge >= 0.3 is 0 Å². The van der Waals surface area contributed by atoms with Gasteiger partial charge in [-0.05, 0) is 47.6 Å². The number of aromatic nitrogens is 3. The van der Waals surface area contributed by atoms with Crippen molar-refractivity contribution in [2.75, 3.05) is 13.1 Å². The second kappa shape index (κ2) is 8.06. The number of halogens is 1. The number of carbonyl (C=O) groups excluding carboxylic acids is 1. The molecule has 3 heterocycles.